The normalized spacial score (nSPS) is 12.2. The van der Waals surface area contributed by atoms with E-state index in [1.807, 2.05) is 64.1 Å². The molecule has 1 heterocycles. The second-order valence-electron chi connectivity index (χ2n) is 6.15. The first-order chi connectivity index (χ1) is 11.0. The average molecular weight is 315 g/mol. The van der Waals surface area contributed by atoms with E-state index in [1.54, 1.807) is 0 Å². The molecule has 0 spiro atoms. The number of ether oxygens (including phenoxy) is 1. The predicted molar refractivity (Wildman–Crippen MR) is 90.6 cm³/mol. The molecule has 1 aromatic heterocycles. The molecule has 0 unspecified atom stereocenters. The van der Waals surface area contributed by atoms with Crippen LogP contribution in [-0.4, -0.2) is 18.6 Å². The third-order valence-electron chi connectivity index (χ3n) is 3.58. The molecule has 23 heavy (non-hydrogen) atoms. The molecule has 124 valence electrons. The van der Waals surface area contributed by atoms with Crippen LogP contribution < -0.4 is 10.1 Å². The van der Waals surface area contributed by atoms with E-state index < -0.39 is 6.10 Å². The fraction of sp³-hybridized carbons (Fsp3) is 0.421. The molecule has 0 bridgehead atoms. The van der Waals surface area contributed by atoms with E-state index in [0.717, 1.165) is 22.8 Å². The van der Waals surface area contributed by atoms with E-state index >= 15 is 0 Å². The monoisotopic (exact) mass is 315 g/mol. The summed E-state index contributed by atoms with van der Waals surface area (Å²) in [5.41, 5.74) is 1.11. The van der Waals surface area contributed by atoms with Crippen LogP contribution in [0.1, 0.15) is 30.9 Å². The minimum atomic E-state index is -0.505. The largest absolute Gasteiger partial charge is 0.480 e. The van der Waals surface area contributed by atoms with Gasteiger partial charge in [0.25, 0.3) is 5.91 Å². The van der Waals surface area contributed by atoms with Crippen molar-refractivity contribution in [2.24, 2.45) is 5.92 Å². The van der Waals surface area contributed by atoms with Gasteiger partial charge in [0.2, 0.25) is 0 Å². The van der Waals surface area contributed by atoms with E-state index in [-0.39, 0.29) is 11.8 Å². The number of amides is 1. The van der Waals surface area contributed by atoms with Crippen LogP contribution in [-0.2, 0) is 11.2 Å². The fourth-order valence-electron chi connectivity index (χ4n) is 2.36. The lowest BCUT2D eigenvalue weighted by atomic mass is 10.1. The summed E-state index contributed by atoms with van der Waals surface area (Å²) >= 11 is 0. The van der Waals surface area contributed by atoms with Crippen LogP contribution in [0.15, 0.2) is 40.8 Å². The molecule has 0 aliphatic carbocycles. The third-order valence-corrected chi connectivity index (χ3v) is 3.58. The van der Waals surface area contributed by atoms with Gasteiger partial charge in [-0.05, 0) is 49.6 Å². The molecule has 2 rings (SSSR count). The van der Waals surface area contributed by atoms with Crippen LogP contribution in [0.3, 0.4) is 0 Å². The highest BCUT2D eigenvalue weighted by molar-refractivity contribution is 5.81. The number of carbonyl (C=O) groups is 1. The summed E-state index contributed by atoms with van der Waals surface area (Å²) in [5, 5.41) is 2.93. The van der Waals surface area contributed by atoms with Gasteiger partial charge in [-0.25, -0.2) is 0 Å². The van der Waals surface area contributed by atoms with Crippen LogP contribution in [0.4, 0.5) is 0 Å². The second-order valence-corrected chi connectivity index (χ2v) is 6.15. The first kappa shape index (κ1) is 17.1. The number of rotatable bonds is 7. The summed E-state index contributed by atoms with van der Waals surface area (Å²) in [6.45, 7) is 8.41. The maximum atomic E-state index is 12.4. The molecule has 4 nitrogen and oxygen atoms in total. The Kier molecular flexibility index (Phi) is 5.85. The van der Waals surface area contributed by atoms with E-state index in [9.17, 15) is 4.79 Å². The summed E-state index contributed by atoms with van der Waals surface area (Å²) in [6.07, 6.45) is 0.171. The van der Waals surface area contributed by atoms with Crippen molar-refractivity contribution in [2.75, 3.05) is 6.54 Å². The lowest BCUT2D eigenvalue weighted by Gasteiger charge is -2.22. The molecule has 2 aromatic rings. The van der Waals surface area contributed by atoms with Crippen molar-refractivity contribution in [3.63, 3.8) is 0 Å². The Bertz CT molecular complexity index is 646. The number of aryl methyl sites for hydroxylation is 2. The van der Waals surface area contributed by atoms with Crippen LogP contribution in [0.2, 0.25) is 0 Å². The zero-order chi connectivity index (χ0) is 16.8. The van der Waals surface area contributed by atoms with Gasteiger partial charge in [-0.2, -0.15) is 0 Å². The van der Waals surface area contributed by atoms with E-state index in [1.165, 1.54) is 0 Å². The Morgan fingerprint density at radius 1 is 1.22 bits per heavy atom. The smallest absolute Gasteiger partial charge is 0.261 e. The predicted octanol–water partition coefficient (Wildman–Crippen LogP) is 3.66. The number of hydrogen-bond acceptors (Lipinski definition) is 3. The van der Waals surface area contributed by atoms with Gasteiger partial charge < -0.3 is 14.5 Å². The van der Waals surface area contributed by atoms with Crippen molar-refractivity contribution in [2.45, 2.75) is 40.2 Å². The Balaban J connectivity index is 1.90. The fourth-order valence-corrected chi connectivity index (χ4v) is 2.36. The number of nitrogens with one attached hydrogen (secondary N) is 1. The van der Waals surface area contributed by atoms with Crippen molar-refractivity contribution < 1.29 is 13.9 Å². The molecule has 4 heteroatoms. The summed E-state index contributed by atoms with van der Waals surface area (Å²) in [4.78, 5) is 12.4. The molecule has 0 radical (unpaired) electrons. The Labute approximate surface area is 137 Å². The van der Waals surface area contributed by atoms with E-state index in [0.29, 0.717) is 13.0 Å². The average Bonchev–Trinajstić information content (AvgIpc) is 2.90. The molecular formula is C19H25NO3. The highest BCUT2D eigenvalue weighted by Crippen LogP contribution is 2.17. The van der Waals surface area contributed by atoms with Crippen LogP contribution in [0.5, 0.6) is 5.75 Å². The maximum absolute atomic E-state index is 12.4. The molecule has 0 aliphatic heterocycles. The number of carbonyl (C=O) groups excluding carboxylic acids is 1. The third kappa shape index (κ3) is 5.16. The second kappa shape index (κ2) is 7.86. The topological polar surface area (TPSA) is 51.5 Å². The van der Waals surface area contributed by atoms with Gasteiger partial charge in [-0.15, -0.1) is 0 Å². The Morgan fingerprint density at radius 2 is 2.00 bits per heavy atom. The lowest BCUT2D eigenvalue weighted by molar-refractivity contribution is -0.129. The molecule has 0 fully saturated rings. The van der Waals surface area contributed by atoms with Crippen LogP contribution in [0.25, 0.3) is 0 Å². The minimum absolute atomic E-state index is 0.0846. The number of furan rings is 1. The number of hydrogen-bond donors (Lipinski definition) is 1. The van der Waals surface area contributed by atoms with Crippen molar-refractivity contribution in [1.82, 2.24) is 5.32 Å². The van der Waals surface area contributed by atoms with E-state index in [2.05, 4.69) is 5.32 Å². The van der Waals surface area contributed by atoms with Gasteiger partial charge in [0.05, 0.1) is 0 Å². The first-order valence-corrected chi connectivity index (χ1v) is 8.02. The molecule has 1 aromatic carbocycles. The highest BCUT2D eigenvalue weighted by Gasteiger charge is 2.24. The van der Waals surface area contributed by atoms with E-state index in [4.69, 9.17) is 9.15 Å². The quantitative estimate of drug-likeness (QED) is 0.848. The molecule has 1 atom stereocenters. The van der Waals surface area contributed by atoms with Gasteiger partial charge in [0.15, 0.2) is 6.10 Å². The molecule has 0 saturated carbocycles. The first-order valence-electron chi connectivity index (χ1n) is 8.02. The summed E-state index contributed by atoms with van der Waals surface area (Å²) < 4.78 is 11.4. The summed E-state index contributed by atoms with van der Waals surface area (Å²) in [6, 6.07) is 11.6. The maximum Gasteiger partial charge on any atom is 0.261 e. The summed E-state index contributed by atoms with van der Waals surface area (Å²) in [7, 11) is 0. The summed E-state index contributed by atoms with van der Waals surface area (Å²) in [5.74, 6) is 2.48. The Hall–Kier alpha value is -2.23. The van der Waals surface area contributed by atoms with Gasteiger partial charge in [0.1, 0.15) is 17.3 Å². The van der Waals surface area contributed by atoms with Crippen LogP contribution >= 0.6 is 0 Å². The molecule has 1 amide bonds. The standard InChI is InChI=1S/C19H25NO3/c1-13(2)18(23-17-7-5-6-14(3)12-17)19(21)20-11-10-16-9-8-15(4)22-16/h5-9,12-13,18H,10-11H2,1-4H3,(H,20,21)/t18-/m1/s1. The molecule has 0 aliphatic rings. The molecular weight excluding hydrogens is 290 g/mol. The van der Waals surface area contributed by atoms with Crippen molar-refractivity contribution in [3.8, 4) is 5.75 Å². The Morgan fingerprint density at radius 3 is 2.61 bits per heavy atom. The number of benzene rings is 1. The molecule has 0 saturated heterocycles. The zero-order valence-electron chi connectivity index (χ0n) is 14.3. The van der Waals surface area contributed by atoms with Gasteiger partial charge in [0, 0.05) is 13.0 Å². The van der Waals surface area contributed by atoms with Crippen molar-refractivity contribution in [3.05, 3.63) is 53.5 Å². The van der Waals surface area contributed by atoms with Crippen molar-refractivity contribution >= 4 is 5.91 Å². The highest BCUT2D eigenvalue weighted by atomic mass is 16.5. The van der Waals surface area contributed by atoms with Gasteiger partial charge in [-0.1, -0.05) is 26.0 Å². The van der Waals surface area contributed by atoms with Gasteiger partial charge in [-0.3, -0.25) is 4.79 Å². The van der Waals surface area contributed by atoms with Crippen LogP contribution in [0, 0.1) is 19.8 Å². The zero-order valence-corrected chi connectivity index (χ0v) is 14.3. The van der Waals surface area contributed by atoms with Gasteiger partial charge >= 0.3 is 0 Å². The SMILES string of the molecule is Cc1cccc(O[C@@H](C(=O)NCCc2ccc(C)o2)C(C)C)c1. The lowest BCUT2D eigenvalue weighted by Crippen LogP contribution is -2.42. The minimum Gasteiger partial charge on any atom is -0.480 e. The van der Waals surface area contributed by atoms with Crippen molar-refractivity contribution in [1.29, 1.82) is 0 Å². The molecule has 1 N–H and O–H groups in total.